The van der Waals surface area contributed by atoms with Crippen molar-refractivity contribution in [2.24, 2.45) is 0 Å². The van der Waals surface area contributed by atoms with Gasteiger partial charge in [-0.1, -0.05) is 18.2 Å². The third kappa shape index (κ3) is 2.10. The number of carbonyl (C=O) groups is 1. The van der Waals surface area contributed by atoms with Gasteiger partial charge >= 0.3 is 6.09 Å². The molecule has 78 valence electrons. The minimum Gasteiger partial charge on any atom is -0.465 e. The van der Waals surface area contributed by atoms with Crippen LogP contribution in [0.3, 0.4) is 0 Å². The van der Waals surface area contributed by atoms with Crippen LogP contribution in [0.5, 0.6) is 0 Å². The molecule has 2 heterocycles. The minimum atomic E-state index is -0.923. The lowest BCUT2D eigenvalue weighted by Crippen LogP contribution is -2.30. The SMILES string of the molecule is O=C(O)N1C=CC(C2C=CC=CN2)=CC1. The molecule has 0 aliphatic carbocycles. The maximum absolute atomic E-state index is 10.6. The summed E-state index contributed by atoms with van der Waals surface area (Å²) in [6.07, 6.45) is 12.2. The Morgan fingerprint density at radius 3 is 2.93 bits per heavy atom. The van der Waals surface area contributed by atoms with Gasteiger partial charge in [-0.15, -0.1) is 0 Å². The quantitative estimate of drug-likeness (QED) is 0.680. The number of nitrogens with zero attached hydrogens (tertiary/aromatic N) is 1. The average molecular weight is 204 g/mol. The summed E-state index contributed by atoms with van der Waals surface area (Å²) < 4.78 is 0. The first kappa shape index (κ1) is 9.58. The molecule has 4 nitrogen and oxygen atoms in total. The van der Waals surface area contributed by atoms with Gasteiger partial charge in [0.05, 0.1) is 6.04 Å². The van der Waals surface area contributed by atoms with Crippen LogP contribution in [0, 0.1) is 0 Å². The fourth-order valence-corrected chi connectivity index (χ4v) is 1.53. The molecule has 2 N–H and O–H groups in total. The zero-order valence-corrected chi connectivity index (χ0v) is 8.13. The van der Waals surface area contributed by atoms with Gasteiger partial charge in [-0.3, -0.25) is 4.90 Å². The number of allylic oxidation sites excluding steroid dienone is 2. The second kappa shape index (κ2) is 4.04. The van der Waals surface area contributed by atoms with Gasteiger partial charge in [0, 0.05) is 12.7 Å². The lowest BCUT2D eigenvalue weighted by Gasteiger charge is -2.22. The van der Waals surface area contributed by atoms with Gasteiger partial charge < -0.3 is 10.4 Å². The first-order chi connectivity index (χ1) is 7.27. The highest BCUT2D eigenvalue weighted by molar-refractivity contribution is 5.67. The number of hydrogen-bond donors (Lipinski definition) is 2. The van der Waals surface area contributed by atoms with E-state index < -0.39 is 6.09 Å². The molecule has 15 heavy (non-hydrogen) atoms. The molecule has 0 bridgehead atoms. The van der Waals surface area contributed by atoms with Crippen LogP contribution in [0.25, 0.3) is 0 Å². The van der Waals surface area contributed by atoms with Crippen LogP contribution in [0.2, 0.25) is 0 Å². The van der Waals surface area contributed by atoms with Gasteiger partial charge in [-0.25, -0.2) is 4.79 Å². The summed E-state index contributed by atoms with van der Waals surface area (Å²) in [4.78, 5) is 11.9. The Labute approximate surface area is 87.9 Å². The Morgan fingerprint density at radius 2 is 2.40 bits per heavy atom. The van der Waals surface area contributed by atoms with Gasteiger partial charge in [0.25, 0.3) is 0 Å². The highest BCUT2D eigenvalue weighted by Crippen LogP contribution is 2.13. The molecule has 2 aliphatic heterocycles. The Morgan fingerprint density at radius 1 is 1.53 bits per heavy atom. The van der Waals surface area contributed by atoms with E-state index in [1.807, 2.05) is 36.6 Å². The molecule has 1 amide bonds. The van der Waals surface area contributed by atoms with Crippen LogP contribution >= 0.6 is 0 Å². The van der Waals surface area contributed by atoms with E-state index in [-0.39, 0.29) is 6.04 Å². The van der Waals surface area contributed by atoms with Crippen molar-refractivity contribution in [1.29, 1.82) is 0 Å². The normalized spacial score (nSPS) is 23.6. The second-order valence-electron chi connectivity index (χ2n) is 3.34. The minimum absolute atomic E-state index is 0.155. The molecule has 0 aromatic rings. The molecule has 2 aliphatic rings. The van der Waals surface area contributed by atoms with Crippen LogP contribution in [-0.4, -0.2) is 28.7 Å². The number of dihydropyridines is 1. The highest BCUT2D eigenvalue weighted by Gasteiger charge is 2.15. The molecule has 4 heteroatoms. The van der Waals surface area contributed by atoms with Crippen LogP contribution in [0.4, 0.5) is 4.79 Å². The maximum atomic E-state index is 10.6. The summed E-state index contributed by atoms with van der Waals surface area (Å²) in [5.74, 6) is 0. The molecule has 0 fully saturated rings. The Kier molecular flexibility index (Phi) is 2.58. The van der Waals surface area contributed by atoms with E-state index in [0.717, 1.165) is 5.57 Å². The summed E-state index contributed by atoms with van der Waals surface area (Å²) in [5.41, 5.74) is 1.09. The van der Waals surface area contributed by atoms with E-state index in [1.165, 1.54) is 4.90 Å². The van der Waals surface area contributed by atoms with Crippen molar-refractivity contribution in [3.05, 3.63) is 48.4 Å². The standard InChI is InChI=1S/C11H12N2O2/c14-11(15)13-7-4-9(5-8-13)10-3-1-2-6-12-10/h1-7,10,12H,8H2,(H,14,15). The highest BCUT2D eigenvalue weighted by atomic mass is 16.4. The maximum Gasteiger partial charge on any atom is 0.411 e. The van der Waals surface area contributed by atoms with E-state index in [4.69, 9.17) is 5.11 Å². The van der Waals surface area contributed by atoms with E-state index >= 15 is 0 Å². The lowest BCUT2D eigenvalue weighted by molar-refractivity contribution is 0.166. The Hall–Kier alpha value is -1.97. The predicted molar refractivity (Wildman–Crippen MR) is 57.2 cm³/mol. The van der Waals surface area contributed by atoms with Gasteiger partial charge in [0.2, 0.25) is 0 Å². The van der Waals surface area contributed by atoms with Crippen LogP contribution in [-0.2, 0) is 0 Å². The van der Waals surface area contributed by atoms with E-state index in [9.17, 15) is 4.79 Å². The number of hydrogen-bond acceptors (Lipinski definition) is 2. The number of nitrogens with one attached hydrogen (secondary N) is 1. The second-order valence-corrected chi connectivity index (χ2v) is 3.34. The Bertz CT molecular complexity index is 380. The first-order valence-corrected chi connectivity index (χ1v) is 4.74. The first-order valence-electron chi connectivity index (χ1n) is 4.74. The van der Waals surface area contributed by atoms with Crippen molar-refractivity contribution in [3.8, 4) is 0 Å². The van der Waals surface area contributed by atoms with Gasteiger partial charge in [-0.05, 0) is 23.9 Å². The van der Waals surface area contributed by atoms with Crippen molar-refractivity contribution >= 4 is 6.09 Å². The van der Waals surface area contributed by atoms with E-state index in [0.29, 0.717) is 6.54 Å². The van der Waals surface area contributed by atoms with Crippen molar-refractivity contribution in [1.82, 2.24) is 10.2 Å². The zero-order chi connectivity index (χ0) is 10.7. The molecule has 1 unspecified atom stereocenters. The van der Waals surface area contributed by atoms with Crippen molar-refractivity contribution in [2.45, 2.75) is 6.04 Å². The molecule has 0 spiro atoms. The van der Waals surface area contributed by atoms with Crippen LogP contribution in [0.15, 0.2) is 48.4 Å². The summed E-state index contributed by atoms with van der Waals surface area (Å²) in [6, 6.07) is 0.155. The molecule has 0 aromatic carbocycles. The number of carboxylic acid groups (broad SMARTS) is 1. The summed E-state index contributed by atoms with van der Waals surface area (Å²) >= 11 is 0. The van der Waals surface area contributed by atoms with Crippen molar-refractivity contribution in [2.75, 3.05) is 6.54 Å². The monoisotopic (exact) mass is 204 g/mol. The molecule has 2 rings (SSSR count). The predicted octanol–water partition coefficient (Wildman–Crippen LogP) is 1.46. The van der Waals surface area contributed by atoms with Crippen LogP contribution in [0.1, 0.15) is 0 Å². The molecule has 0 saturated heterocycles. The summed E-state index contributed by atoms with van der Waals surface area (Å²) in [6.45, 7) is 0.414. The topological polar surface area (TPSA) is 52.6 Å². The van der Waals surface area contributed by atoms with E-state index in [1.54, 1.807) is 6.20 Å². The summed E-state index contributed by atoms with van der Waals surface area (Å²) in [5, 5.41) is 11.9. The fraction of sp³-hybridized carbons (Fsp3) is 0.182. The van der Waals surface area contributed by atoms with Crippen LogP contribution < -0.4 is 5.32 Å². The Balaban J connectivity index is 2.03. The number of amides is 1. The van der Waals surface area contributed by atoms with Gasteiger partial charge in [-0.2, -0.15) is 0 Å². The van der Waals surface area contributed by atoms with Gasteiger partial charge in [0.15, 0.2) is 0 Å². The van der Waals surface area contributed by atoms with Crippen molar-refractivity contribution in [3.63, 3.8) is 0 Å². The average Bonchev–Trinajstić information content (AvgIpc) is 2.30. The zero-order valence-electron chi connectivity index (χ0n) is 8.13. The molecular formula is C11H12N2O2. The molecular weight excluding hydrogens is 192 g/mol. The van der Waals surface area contributed by atoms with E-state index in [2.05, 4.69) is 5.32 Å². The lowest BCUT2D eigenvalue weighted by atomic mass is 10.0. The number of rotatable bonds is 1. The molecule has 0 aromatic heterocycles. The molecule has 0 radical (unpaired) electrons. The van der Waals surface area contributed by atoms with Gasteiger partial charge in [0.1, 0.15) is 0 Å². The third-order valence-electron chi connectivity index (χ3n) is 2.36. The fourth-order valence-electron chi connectivity index (χ4n) is 1.53. The molecule has 0 saturated carbocycles. The largest absolute Gasteiger partial charge is 0.465 e. The smallest absolute Gasteiger partial charge is 0.411 e. The molecule has 1 atom stereocenters. The third-order valence-corrected chi connectivity index (χ3v) is 2.36. The summed E-state index contributed by atoms with van der Waals surface area (Å²) in [7, 11) is 0. The van der Waals surface area contributed by atoms with Crippen molar-refractivity contribution < 1.29 is 9.90 Å².